The highest BCUT2D eigenvalue weighted by Gasteiger charge is 2.20. The van der Waals surface area contributed by atoms with Crippen LogP contribution in [0.2, 0.25) is 0 Å². The number of aryl methyl sites for hydroxylation is 2. The van der Waals surface area contributed by atoms with Gasteiger partial charge in [0.25, 0.3) is 0 Å². The molecule has 2 aromatic carbocycles. The number of ether oxygens (including phenoxy) is 1. The lowest BCUT2D eigenvalue weighted by molar-refractivity contribution is -0.143. The fraction of sp³-hybridized carbons (Fsp3) is 0.483. The number of piperidine rings is 1. The zero-order valence-corrected chi connectivity index (χ0v) is 19.5. The molecule has 0 unspecified atom stereocenters. The molecule has 0 saturated carbocycles. The van der Waals surface area contributed by atoms with Crippen molar-refractivity contribution in [3.8, 4) is 0 Å². The third-order valence-corrected chi connectivity index (χ3v) is 7.08. The van der Waals surface area contributed by atoms with Gasteiger partial charge in [0.1, 0.15) is 0 Å². The fourth-order valence-corrected chi connectivity index (χ4v) is 5.29. The summed E-state index contributed by atoms with van der Waals surface area (Å²) in [6, 6.07) is 17.9. The standard InChI is InChI=1S/C29H37NO2/c1-2-32-29(31)15-7-9-23-18-21-30(22-19-23)20-8-14-28-26-12-5-3-10-24(26)16-17-25-11-4-6-13-27(25)28/h3-6,10-14,23H,2,7-9,15-22H2,1H3. The zero-order valence-electron chi connectivity index (χ0n) is 19.5. The number of rotatable bonds is 8. The van der Waals surface area contributed by atoms with Gasteiger partial charge in [0, 0.05) is 13.0 Å². The van der Waals surface area contributed by atoms with Crippen LogP contribution in [0.1, 0.15) is 67.7 Å². The summed E-state index contributed by atoms with van der Waals surface area (Å²) in [6.07, 6.45) is 11.0. The summed E-state index contributed by atoms with van der Waals surface area (Å²) in [6.45, 7) is 5.85. The Bertz CT molecular complexity index is 875. The van der Waals surface area contributed by atoms with Crippen molar-refractivity contribution >= 4 is 11.5 Å². The van der Waals surface area contributed by atoms with E-state index in [4.69, 9.17) is 4.74 Å². The van der Waals surface area contributed by atoms with Crippen molar-refractivity contribution in [2.75, 3.05) is 26.2 Å². The minimum Gasteiger partial charge on any atom is -0.466 e. The largest absolute Gasteiger partial charge is 0.466 e. The molecule has 2 aromatic rings. The minimum atomic E-state index is -0.0420. The molecule has 0 aromatic heterocycles. The summed E-state index contributed by atoms with van der Waals surface area (Å²) in [7, 11) is 0. The number of carbonyl (C=O) groups is 1. The number of fused-ring (bicyclic) bond motifs is 2. The summed E-state index contributed by atoms with van der Waals surface area (Å²) >= 11 is 0. The number of carbonyl (C=O) groups excluding carboxylic acids is 1. The first-order valence-corrected chi connectivity index (χ1v) is 12.5. The highest BCUT2D eigenvalue weighted by molar-refractivity contribution is 5.83. The maximum Gasteiger partial charge on any atom is 0.305 e. The minimum absolute atomic E-state index is 0.0420. The van der Waals surface area contributed by atoms with E-state index in [9.17, 15) is 4.79 Å². The third-order valence-electron chi connectivity index (χ3n) is 7.08. The molecule has 0 atom stereocenters. The Morgan fingerprint density at radius 3 is 2.25 bits per heavy atom. The molecular weight excluding hydrogens is 394 g/mol. The molecule has 0 spiro atoms. The van der Waals surface area contributed by atoms with Crippen LogP contribution < -0.4 is 0 Å². The van der Waals surface area contributed by atoms with Crippen molar-refractivity contribution in [2.45, 2.75) is 58.3 Å². The second kappa shape index (κ2) is 11.5. The van der Waals surface area contributed by atoms with Gasteiger partial charge in [0.15, 0.2) is 0 Å². The SMILES string of the molecule is CCOC(=O)CCCC1CCN(CCC=C2c3ccccc3CCc3ccccc32)CC1. The first-order chi connectivity index (χ1) is 15.7. The average Bonchev–Trinajstić information content (AvgIpc) is 2.98. The van der Waals surface area contributed by atoms with Crippen LogP contribution in [0.4, 0.5) is 0 Å². The number of likely N-dealkylation sites (tertiary alicyclic amines) is 1. The molecule has 0 bridgehead atoms. The Balaban J connectivity index is 1.31. The monoisotopic (exact) mass is 431 g/mol. The fourth-order valence-electron chi connectivity index (χ4n) is 5.29. The first kappa shape index (κ1) is 22.8. The highest BCUT2D eigenvalue weighted by atomic mass is 16.5. The Morgan fingerprint density at radius 2 is 1.62 bits per heavy atom. The summed E-state index contributed by atoms with van der Waals surface area (Å²) in [5, 5.41) is 0. The molecule has 1 aliphatic heterocycles. The van der Waals surface area contributed by atoms with Gasteiger partial charge in [-0.15, -0.1) is 0 Å². The van der Waals surface area contributed by atoms with Crippen LogP contribution in [0.5, 0.6) is 0 Å². The summed E-state index contributed by atoms with van der Waals surface area (Å²) in [4.78, 5) is 14.1. The topological polar surface area (TPSA) is 29.5 Å². The van der Waals surface area contributed by atoms with Crippen molar-refractivity contribution in [3.63, 3.8) is 0 Å². The van der Waals surface area contributed by atoms with Gasteiger partial charge in [-0.3, -0.25) is 4.79 Å². The molecule has 32 heavy (non-hydrogen) atoms. The van der Waals surface area contributed by atoms with Crippen molar-refractivity contribution in [2.24, 2.45) is 5.92 Å². The zero-order chi connectivity index (χ0) is 22.2. The summed E-state index contributed by atoms with van der Waals surface area (Å²) in [5.41, 5.74) is 7.19. The van der Waals surface area contributed by atoms with Gasteiger partial charge in [-0.2, -0.15) is 0 Å². The lowest BCUT2D eigenvalue weighted by Gasteiger charge is -2.31. The van der Waals surface area contributed by atoms with Gasteiger partial charge in [0.05, 0.1) is 6.61 Å². The molecule has 3 heteroatoms. The van der Waals surface area contributed by atoms with E-state index in [-0.39, 0.29) is 5.97 Å². The Labute approximate surface area is 193 Å². The number of nitrogens with zero attached hydrogens (tertiary/aromatic N) is 1. The lowest BCUT2D eigenvalue weighted by atomic mass is 9.91. The van der Waals surface area contributed by atoms with E-state index in [0.717, 1.165) is 44.6 Å². The van der Waals surface area contributed by atoms with Crippen molar-refractivity contribution in [3.05, 3.63) is 76.9 Å². The van der Waals surface area contributed by atoms with Crippen molar-refractivity contribution in [1.29, 1.82) is 0 Å². The van der Waals surface area contributed by atoms with Crippen LogP contribution in [0.3, 0.4) is 0 Å². The van der Waals surface area contributed by atoms with E-state index in [0.29, 0.717) is 13.0 Å². The molecule has 1 fully saturated rings. The van der Waals surface area contributed by atoms with E-state index in [1.165, 1.54) is 53.8 Å². The van der Waals surface area contributed by atoms with Gasteiger partial charge in [0.2, 0.25) is 0 Å². The van der Waals surface area contributed by atoms with Gasteiger partial charge in [-0.1, -0.05) is 54.6 Å². The maximum atomic E-state index is 11.5. The molecule has 170 valence electrons. The number of benzene rings is 2. The predicted molar refractivity (Wildman–Crippen MR) is 132 cm³/mol. The van der Waals surface area contributed by atoms with Gasteiger partial charge in [-0.05, 0) is 98.7 Å². The average molecular weight is 432 g/mol. The van der Waals surface area contributed by atoms with E-state index < -0.39 is 0 Å². The lowest BCUT2D eigenvalue weighted by Crippen LogP contribution is -2.34. The quantitative estimate of drug-likeness (QED) is 0.476. The third kappa shape index (κ3) is 5.89. The molecule has 1 heterocycles. The van der Waals surface area contributed by atoms with Gasteiger partial charge < -0.3 is 9.64 Å². The number of esters is 1. The predicted octanol–water partition coefficient (Wildman–Crippen LogP) is 6.05. The highest BCUT2D eigenvalue weighted by Crippen LogP contribution is 2.33. The van der Waals surface area contributed by atoms with Crippen LogP contribution in [0, 0.1) is 5.92 Å². The number of hydrogen-bond donors (Lipinski definition) is 0. The molecule has 0 amide bonds. The van der Waals surface area contributed by atoms with E-state index in [2.05, 4.69) is 59.5 Å². The van der Waals surface area contributed by atoms with Crippen molar-refractivity contribution in [1.82, 2.24) is 4.90 Å². The maximum absolute atomic E-state index is 11.5. The van der Waals surface area contributed by atoms with E-state index in [1.807, 2.05) is 6.92 Å². The van der Waals surface area contributed by atoms with Crippen LogP contribution in [-0.4, -0.2) is 37.1 Å². The van der Waals surface area contributed by atoms with Crippen LogP contribution in [0.25, 0.3) is 5.57 Å². The smallest absolute Gasteiger partial charge is 0.305 e. The first-order valence-electron chi connectivity index (χ1n) is 12.5. The molecule has 0 radical (unpaired) electrons. The Morgan fingerprint density at radius 1 is 1.00 bits per heavy atom. The molecule has 1 saturated heterocycles. The van der Waals surface area contributed by atoms with Crippen LogP contribution in [-0.2, 0) is 22.4 Å². The second-order valence-electron chi connectivity index (χ2n) is 9.20. The molecule has 4 rings (SSSR count). The molecule has 2 aliphatic rings. The van der Waals surface area contributed by atoms with E-state index >= 15 is 0 Å². The molecule has 3 nitrogen and oxygen atoms in total. The Hall–Kier alpha value is -2.39. The summed E-state index contributed by atoms with van der Waals surface area (Å²) < 4.78 is 5.04. The van der Waals surface area contributed by atoms with E-state index in [1.54, 1.807) is 0 Å². The Kier molecular flexibility index (Phi) is 8.17. The summed E-state index contributed by atoms with van der Waals surface area (Å²) in [5.74, 6) is 0.722. The molecule has 1 aliphatic carbocycles. The van der Waals surface area contributed by atoms with Gasteiger partial charge >= 0.3 is 5.97 Å². The molecule has 0 N–H and O–H groups in total. The molecular formula is C29H37NO2. The van der Waals surface area contributed by atoms with Crippen molar-refractivity contribution < 1.29 is 9.53 Å². The normalized spacial score (nSPS) is 16.7. The van der Waals surface area contributed by atoms with Crippen LogP contribution >= 0.6 is 0 Å². The van der Waals surface area contributed by atoms with Gasteiger partial charge in [-0.25, -0.2) is 0 Å². The second-order valence-corrected chi connectivity index (χ2v) is 9.20. The number of hydrogen-bond acceptors (Lipinski definition) is 3. The van der Waals surface area contributed by atoms with Crippen LogP contribution in [0.15, 0.2) is 54.6 Å².